The summed E-state index contributed by atoms with van der Waals surface area (Å²) in [7, 11) is 1.83. The van der Waals surface area contributed by atoms with Crippen molar-refractivity contribution in [3.05, 3.63) is 46.2 Å². The molecule has 1 aromatic heterocycles. The Morgan fingerprint density at radius 2 is 2.12 bits per heavy atom. The number of benzene rings is 1. The van der Waals surface area contributed by atoms with E-state index in [9.17, 15) is 4.79 Å². The molecule has 1 aromatic carbocycles. The smallest absolute Gasteiger partial charge is 0.309 e. The fraction of sp³-hybridized carbons (Fsp3) is 0.167. The summed E-state index contributed by atoms with van der Waals surface area (Å²) in [5, 5.41) is 10.6. The van der Waals surface area contributed by atoms with Crippen LogP contribution >= 0.6 is 11.3 Å². The number of aliphatic carboxylic acids is 1. The Hall–Kier alpha value is -1.88. The van der Waals surface area contributed by atoms with Gasteiger partial charge in [-0.1, -0.05) is 18.2 Å². The quantitative estimate of drug-likeness (QED) is 0.902. The molecule has 0 spiro atoms. The van der Waals surface area contributed by atoms with Crippen molar-refractivity contribution < 1.29 is 9.90 Å². The van der Waals surface area contributed by atoms with E-state index in [1.165, 1.54) is 11.3 Å². The Labute approximate surface area is 103 Å². The Morgan fingerprint density at radius 1 is 1.41 bits per heavy atom. The third-order valence-corrected chi connectivity index (χ3v) is 3.30. The molecule has 1 N–H and O–H groups in total. The van der Waals surface area contributed by atoms with Crippen LogP contribution in [-0.4, -0.2) is 15.6 Å². The van der Waals surface area contributed by atoms with Gasteiger partial charge in [0, 0.05) is 18.1 Å². The first-order valence-electron chi connectivity index (χ1n) is 5.12. The molecular formula is C12H12N2O2S. The van der Waals surface area contributed by atoms with E-state index in [0.29, 0.717) is 0 Å². The van der Waals surface area contributed by atoms with Gasteiger partial charge in [0.05, 0.1) is 12.1 Å². The van der Waals surface area contributed by atoms with Gasteiger partial charge in [0.2, 0.25) is 0 Å². The SMILES string of the molecule is Cn1c(CC(=O)O)cs/c1=N/c1ccccc1. The molecule has 5 heteroatoms. The van der Waals surface area contributed by atoms with E-state index >= 15 is 0 Å². The normalized spacial score (nSPS) is 11.7. The Balaban J connectivity index is 2.38. The van der Waals surface area contributed by atoms with Crippen molar-refractivity contribution in [3.63, 3.8) is 0 Å². The molecule has 0 unspecified atom stereocenters. The lowest BCUT2D eigenvalue weighted by atomic mass is 10.3. The molecule has 0 saturated carbocycles. The highest BCUT2D eigenvalue weighted by Gasteiger charge is 2.05. The number of rotatable bonds is 3. The maximum Gasteiger partial charge on any atom is 0.309 e. The molecule has 4 nitrogen and oxygen atoms in total. The number of thiazole rings is 1. The van der Waals surface area contributed by atoms with Gasteiger partial charge in [-0.2, -0.15) is 0 Å². The van der Waals surface area contributed by atoms with Crippen LogP contribution in [0.1, 0.15) is 5.69 Å². The van der Waals surface area contributed by atoms with Crippen LogP contribution in [0.4, 0.5) is 5.69 Å². The Morgan fingerprint density at radius 3 is 2.76 bits per heavy atom. The number of nitrogens with zero attached hydrogens (tertiary/aromatic N) is 2. The molecule has 1 heterocycles. The van der Waals surface area contributed by atoms with Gasteiger partial charge in [-0.15, -0.1) is 11.3 Å². The van der Waals surface area contributed by atoms with Crippen molar-refractivity contribution in [1.82, 2.24) is 4.57 Å². The minimum absolute atomic E-state index is 0.0251. The highest BCUT2D eigenvalue weighted by atomic mass is 32.1. The number of carboxylic acid groups (broad SMARTS) is 1. The van der Waals surface area contributed by atoms with Gasteiger partial charge in [0.1, 0.15) is 0 Å². The van der Waals surface area contributed by atoms with Crippen molar-refractivity contribution in [2.75, 3.05) is 0 Å². The van der Waals surface area contributed by atoms with Crippen LogP contribution in [0.5, 0.6) is 0 Å². The second-order valence-electron chi connectivity index (χ2n) is 3.59. The van der Waals surface area contributed by atoms with Crippen LogP contribution in [-0.2, 0) is 18.3 Å². The lowest BCUT2D eigenvalue weighted by molar-refractivity contribution is -0.136. The second kappa shape index (κ2) is 4.97. The van der Waals surface area contributed by atoms with Crippen LogP contribution < -0.4 is 4.80 Å². The highest BCUT2D eigenvalue weighted by molar-refractivity contribution is 7.07. The maximum absolute atomic E-state index is 10.6. The molecule has 0 amide bonds. The molecule has 17 heavy (non-hydrogen) atoms. The van der Waals surface area contributed by atoms with E-state index in [4.69, 9.17) is 5.11 Å². The summed E-state index contributed by atoms with van der Waals surface area (Å²) in [4.78, 5) is 15.9. The molecule has 0 atom stereocenters. The van der Waals surface area contributed by atoms with Crippen LogP contribution in [0.25, 0.3) is 0 Å². The molecule has 0 radical (unpaired) electrons. The lowest BCUT2D eigenvalue weighted by Crippen LogP contribution is -2.15. The van der Waals surface area contributed by atoms with Crippen molar-refractivity contribution in [1.29, 1.82) is 0 Å². The summed E-state index contributed by atoms with van der Waals surface area (Å²) < 4.78 is 1.81. The number of hydrogen-bond acceptors (Lipinski definition) is 3. The molecule has 0 fully saturated rings. The first kappa shape index (κ1) is 11.6. The number of carbonyl (C=O) groups is 1. The average Bonchev–Trinajstić information content (AvgIpc) is 2.62. The van der Waals surface area contributed by atoms with Crippen molar-refractivity contribution in [3.8, 4) is 0 Å². The molecule has 0 aliphatic rings. The zero-order valence-corrected chi connectivity index (χ0v) is 10.1. The van der Waals surface area contributed by atoms with E-state index in [1.54, 1.807) is 0 Å². The van der Waals surface area contributed by atoms with E-state index < -0.39 is 5.97 Å². The molecule has 88 valence electrons. The zero-order valence-electron chi connectivity index (χ0n) is 9.33. The fourth-order valence-corrected chi connectivity index (χ4v) is 2.35. The first-order valence-corrected chi connectivity index (χ1v) is 6.00. The molecular weight excluding hydrogens is 236 g/mol. The third kappa shape index (κ3) is 2.82. The van der Waals surface area contributed by atoms with Crippen molar-refractivity contribution >= 4 is 23.0 Å². The van der Waals surface area contributed by atoms with E-state index in [0.717, 1.165) is 16.2 Å². The number of carboxylic acids is 1. The molecule has 0 aliphatic carbocycles. The van der Waals surface area contributed by atoms with Crippen molar-refractivity contribution in [2.45, 2.75) is 6.42 Å². The van der Waals surface area contributed by atoms with Gasteiger partial charge < -0.3 is 9.67 Å². The monoisotopic (exact) mass is 248 g/mol. The summed E-state index contributed by atoms with van der Waals surface area (Å²) in [5.41, 5.74) is 1.63. The topological polar surface area (TPSA) is 54.6 Å². The summed E-state index contributed by atoms with van der Waals surface area (Å²) in [6.07, 6.45) is 0.0251. The van der Waals surface area contributed by atoms with Crippen LogP contribution in [0.2, 0.25) is 0 Å². The Bertz CT molecular complexity index is 584. The predicted molar refractivity (Wildman–Crippen MR) is 66.3 cm³/mol. The van der Waals surface area contributed by atoms with Crippen molar-refractivity contribution in [2.24, 2.45) is 12.0 Å². The zero-order chi connectivity index (χ0) is 12.3. The predicted octanol–water partition coefficient (Wildman–Crippen LogP) is 1.95. The number of para-hydroxylation sites is 1. The summed E-state index contributed by atoms with van der Waals surface area (Å²) >= 11 is 1.45. The van der Waals surface area contributed by atoms with Crippen LogP contribution in [0, 0.1) is 0 Å². The molecule has 0 aliphatic heterocycles. The van der Waals surface area contributed by atoms with Crippen LogP contribution in [0.15, 0.2) is 40.7 Å². The van der Waals surface area contributed by atoms with Gasteiger partial charge >= 0.3 is 5.97 Å². The lowest BCUT2D eigenvalue weighted by Gasteiger charge is -1.98. The van der Waals surface area contributed by atoms with Crippen LogP contribution in [0.3, 0.4) is 0 Å². The fourth-order valence-electron chi connectivity index (χ4n) is 1.43. The van der Waals surface area contributed by atoms with Gasteiger partial charge in [0.25, 0.3) is 0 Å². The van der Waals surface area contributed by atoms with Gasteiger partial charge in [-0.25, -0.2) is 4.99 Å². The second-order valence-corrected chi connectivity index (χ2v) is 4.42. The highest BCUT2D eigenvalue weighted by Crippen LogP contribution is 2.09. The molecule has 2 rings (SSSR count). The molecule has 2 aromatic rings. The largest absolute Gasteiger partial charge is 0.481 e. The van der Waals surface area contributed by atoms with E-state index in [2.05, 4.69) is 4.99 Å². The summed E-state index contributed by atoms with van der Waals surface area (Å²) in [6.45, 7) is 0. The minimum atomic E-state index is -0.829. The third-order valence-electron chi connectivity index (χ3n) is 2.33. The average molecular weight is 248 g/mol. The first-order chi connectivity index (χ1) is 8.16. The standard InChI is InChI=1S/C12H12N2O2S/c1-14-10(7-11(15)16)8-17-12(14)13-9-5-3-2-4-6-9/h2-6,8H,7H2,1H3,(H,15,16)/b13-12+. The van der Waals surface area contributed by atoms with Gasteiger partial charge in [-0.05, 0) is 12.1 Å². The summed E-state index contributed by atoms with van der Waals surface area (Å²) in [5.74, 6) is -0.829. The van der Waals surface area contributed by atoms with Gasteiger partial charge in [-0.3, -0.25) is 4.79 Å². The number of aromatic nitrogens is 1. The van der Waals surface area contributed by atoms with E-state index in [1.807, 2.05) is 47.3 Å². The maximum atomic E-state index is 10.6. The summed E-state index contributed by atoms with van der Waals surface area (Å²) in [6, 6.07) is 9.60. The minimum Gasteiger partial charge on any atom is -0.481 e. The molecule has 0 bridgehead atoms. The number of hydrogen-bond donors (Lipinski definition) is 1. The molecule has 0 saturated heterocycles. The Kier molecular flexibility index (Phi) is 3.39. The van der Waals surface area contributed by atoms with E-state index in [-0.39, 0.29) is 6.42 Å². The van der Waals surface area contributed by atoms with Gasteiger partial charge in [0.15, 0.2) is 4.80 Å².